The van der Waals surface area contributed by atoms with Crippen LogP contribution in [0.3, 0.4) is 0 Å². The van der Waals surface area contributed by atoms with Crippen molar-refractivity contribution in [3.8, 4) is 5.75 Å². The van der Waals surface area contributed by atoms with Gasteiger partial charge in [0.25, 0.3) is 0 Å². The average molecular weight is 249 g/mol. The zero-order valence-corrected chi connectivity index (χ0v) is 11.4. The minimum atomic E-state index is 0.465. The third-order valence-electron chi connectivity index (χ3n) is 3.45. The minimum Gasteiger partial charge on any atom is -0.496 e. The molecule has 0 atom stereocenters. The Morgan fingerprint density at radius 1 is 1.33 bits per heavy atom. The molecule has 0 bridgehead atoms. The first-order chi connectivity index (χ1) is 8.83. The molecule has 1 N–H and O–H groups in total. The first kappa shape index (κ1) is 13.4. The van der Waals surface area contributed by atoms with Crippen molar-refractivity contribution in [3.63, 3.8) is 0 Å². The highest BCUT2D eigenvalue weighted by molar-refractivity contribution is 5.36. The highest BCUT2D eigenvalue weighted by atomic mass is 16.5. The van der Waals surface area contributed by atoms with Crippen molar-refractivity contribution in [2.75, 3.05) is 13.7 Å². The van der Waals surface area contributed by atoms with Crippen LogP contribution in [-0.2, 0) is 17.9 Å². The standard InChI is InChI=1S/C15H23NO2/c1-3-16-10-12-7-8-15(17-2)13(9-12)11-18-14-5-4-6-14/h7-9,14,16H,3-6,10-11H2,1-2H3. The van der Waals surface area contributed by atoms with E-state index in [-0.39, 0.29) is 0 Å². The summed E-state index contributed by atoms with van der Waals surface area (Å²) in [6.07, 6.45) is 4.19. The van der Waals surface area contributed by atoms with E-state index in [0.717, 1.165) is 24.4 Å². The van der Waals surface area contributed by atoms with Crippen molar-refractivity contribution < 1.29 is 9.47 Å². The Balaban J connectivity index is 1.98. The Labute approximate surface area is 109 Å². The van der Waals surface area contributed by atoms with E-state index in [0.29, 0.717) is 12.7 Å². The quantitative estimate of drug-likeness (QED) is 0.806. The zero-order valence-electron chi connectivity index (χ0n) is 11.4. The van der Waals surface area contributed by atoms with Crippen LogP contribution in [0.15, 0.2) is 18.2 Å². The molecule has 3 nitrogen and oxygen atoms in total. The summed E-state index contributed by atoms with van der Waals surface area (Å²) < 4.78 is 11.3. The molecule has 0 amide bonds. The zero-order chi connectivity index (χ0) is 12.8. The van der Waals surface area contributed by atoms with Gasteiger partial charge in [-0.2, -0.15) is 0 Å². The lowest BCUT2D eigenvalue weighted by atomic mass is 9.96. The monoisotopic (exact) mass is 249 g/mol. The van der Waals surface area contributed by atoms with Gasteiger partial charge in [-0.05, 0) is 43.5 Å². The third kappa shape index (κ3) is 3.47. The molecule has 1 aromatic rings. The Morgan fingerprint density at radius 3 is 2.78 bits per heavy atom. The molecule has 0 aromatic heterocycles. The highest BCUT2D eigenvalue weighted by Crippen LogP contribution is 2.26. The van der Waals surface area contributed by atoms with Crippen molar-refractivity contribution in [2.24, 2.45) is 0 Å². The third-order valence-corrected chi connectivity index (χ3v) is 3.45. The second kappa shape index (κ2) is 6.76. The molecule has 0 unspecified atom stereocenters. The number of rotatable bonds is 7. The molecule has 0 aliphatic heterocycles. The van der Waals surface area contributed by atoms with Gasteiger partial charge in [-0.1, -0.05) is 13.0 Å². The Kier molecular flexibility index (Phi) is 5.02. The van der Waals surface area contributed by atoms with E-state index in [2.05, 4.69) is 24.4 Å². The van der Waals surface area contributed by atoms with Gasteiger partial charge in [0, 0.05) is 12.1 Å². The number of methoxy groups -OCH3 is 1. The lowest BCUT2D eigenvalue weighted by Crippen LogP contribution is -2.21. The summed E-state index contributed by atoms with van der Waals surface area (Å²) in [5.41, 5.74) is 2.43. The van der Waals surface area contributed by atoms with Crippen molar-refractivity contribution in [1.29, 1.82) is 0 Å². The molecular weight excluding hydrogens is 226 g/mol. The maximum atomic E-state index is 5.87. The molecule has 1 fully saturated rings. The smallest absolute Gasteiger partial charge is 0.124 e. The molecule has 0 radical (unpaired) electrons. The molecule has 100 valence electrons. The second-order valence-corrected chi connectivity index (χ2v) is 4.79. The van der Waals surface area contributed by atoms with Crippen molar-refractivity contribution >= 4 is 0 Å². The van der Waals surface area contributed by atoms with Gasteiger partial charge in [0.15, 0.2) is 0 Å². The van der Waals surface area contributed by atoms with Gasteiger partial charge in [-0.15, -0.1) is 0 Å². The van der Waals surface area contributed by atoms with E-state index in [1.807, 2.05) is 6.07 Å². The molecule has 0 saturated heterocycles. The van der Waals surface area contributed by atoms with Crippen LogP contribution in [0.4, 0.5) is 0 Å². The molecule has 1 aromatic carbocycles. The number of hydrogen-bond acceptors (Lipinski definition) is 3. The fraction of sp³-hybridized carbons (Fsp3) is 0.600. The summed E-state index contributed by atoms with van der Waals surface area (Å²) in [5.74, 6) is 0.926. The highest BCUT2D eigenvalue weighted by Gasteiger charge is 2.18. The van der Waals surface area contributed by atoms with E-state index in [9.17, 15) is 0 Å². The Morgan fingerprint density at radius 2 is 2.17 bits per heavy atom. The molecule has 1 aliphatic rings. The second-order valence-electron chi connectivity index (χ2n) is 4.79. The summed E-state index contributed by atoms with van der Waals surface area (Å²) >= 11 is 0. The van der Waals surface area contributed by atoms with E-state index >= 15 is 0 Å². The summed E-state index contributed by atoms with van der Waals surface area (Å²) in [5, 5.41) is 3.33. The van der Waals surface area contributed by atoms with Crippen LogP contribution in [0.25, 0.3) is 0 Å². The summed E-state index contributed by atoms with van der Waals surface area (Å²) in [6.45, 7) is 4.66. The van der Waals surface area contributed by atoms with Gasteiger partial charge in [-0.25, -0.2) is 0 Å². The van der Waals surface area contributed by atoms with E-state index in [1.54, 1.807) is 7.11 Å². The fourth-order valence-corrected chi connectivity index (χ4v) is 2.07. The number of nitrogens with one attached hydrogen (secondary N) is 1. The first-order valence-electron chi connectivity index (χ1n) is 6.81. The van der Waals surface area contributed by atoms with Crippen LogP contribution in [-0.4, -0.2) is 19.8 Å². The van der Waals surface area contributed by atoms with Gasteiger partial charge < -0.3 is 14.8 Å². The average Bonchev–Trinajstić information content (AvgIpc) is 2.34. The lowest BCUT2D eigenvalue weighted by Gasteiger charge is -2.26. The maximum Gasteiger partial charge on any atom is 0.124 e. The number of ether oxygens (including phenoxy) is 2. The van der Waals surface area contributed by atoms with Gasteiger partial charge in [0.2, 0.25) is 0 Å². The SMILES string of the molecule is CCNCc1ccc(OC)c(COC2CCC2)c1. The lowest BCUT2D eigenvalue weighted by molar-refractivity contribution is -0.00936. The predicted molar refractivity (Wildman–Crippen MR) is 72.8 cm³/mol. The summed E-state index contributed by atoms with van der Waals surface area (Å²) in [7, 11) is 1.71. The summed E-state index contributed by atoms with van der Waals surface area (Å²) in [4.78, 5) is 0. The van der Waals surface area contributed by atoms with Gasteiger partial charge in [-0.3, -0.25) is 0 Å². The predicted octanol–water partition coefficient (Wildman–Crippen LogP) is 2.87. The Hall–Kier alpha value is -1.06. The van der Waals surface area contributed by atoms with E-state index in [4.69, 9.17) is 9.47 Å². The summed E-state index contributed by atoms with van der Waals surface area (Å²) in [6, 6.07) is 6.32. The Bertz CT molecular complexity index is 375. The molecule has 2 rings (SSSR count). The van der Waals surface area contributed by atoms with E-state index in [1.165, 1.54) is 24.8 Å². The minimum absolute atomic E-state index is 0.465. The molecule has 1 saturated carbocycles. The van der Waals surface area contributed by atoms with Gasteiger partial charge >= 0.3 is 0 Å². The molecule has 1 aliphatic carbocycles. The van der Waals surface area contributed by atoms with Crippen molar-refractivity contribution in [1.82, 2.24) is 5.32 Å². The molecule has 18 heavy (non-hydrogen) atoms. The van der Waals surface area contributed by atoms with Gasteiger partial charge in [0.05, 0.1) is 19.8 Å². The molecule has 3 heteroatoms. The van der Waals surface area contributed by atoms with Crippen molar-refractivity contribution in [3.05, 3.63) is 29.3 Å². The first-order valence-corrected chi connectivity index (χ1v) is 6.81. The van der Waals surface area contributed by atoms with E-state index < -0.39 is 0 Å². The van der Waals surface area contributed by atoms with Crippen molar-refractivity contribution in [2.45, 2.75) is 45.4 Å². The maximum absolute atomic E-state index is 5.87. The van der Waals surface area contributed by atoms with Crippen LogP contribution in [0.2, 0.25) is 0 Å². The number of benzene rings is 1. The van der Waals surface area contributed by atoms with Crippen LogP contribution in [0, 0.1) is 0 Å². The van der Waals surface area contributed by atoms with Crippen LogP contribution in [0.1, 0.15) is 37.3 Å². The topological polar surface area (TPSA) is 30.5 Å². The largest absolute Gasteiger partial charge is 0.496 e. The fourth-order valence-electron chi connectivity index (χ4n) is 2.07. The molecular formula is C15H23NO2. The van der Waals surface area contributed by atoms with Crippen LogP contribution >= 0.6 is 0 Å². The van der Waals surface area contributed by atoms with Crippen LogP contribution < -0.4 is 10.1 Å². The number of hydrogen-bond donors (Lipinski definition) is 1. The normalized spacial score (nSPS) is 15.4. The molecule has 0 spiro atoms. The van der Waals surface area contributed by atoms with Crippen LogP contribution in [0.5, 0.6) is 5.75 Å². The van der Waals surface area contributed by atoms with Gasteiger partial charge in [0.1, 0.15) is 5.75 Å². The molecule has 0 heterocycles.